The minimum absolute atomic E-state index is 0.0928. The van der Waals surface area contributed by atoms with Crippen LogP contribution < -0.4 is 14.9 Å². The second-order valence-corrected chi connectivity index (χ2v) is 7.87. The summed E-state index contributed by atoms with van der Waals surface area (Å²) in [5.74, 6) is -0.737. The molecule has 0 atom stereocenters. The molecule has 1 aromatic heterocycles. The van der Waals surface area contributed by atoms with Crippen molar-refractivity contribution >= 4 is 49.7 Å². The largest absolute Gasteiger partial charge is 0.323 e. The van der Waals surface area contributed by atoms with Crippen LogP contribution in [0.3, 0.4) is 0 Å². The molecule has 3 rings (SSSR count). The number of anilines is 3. The van der Waals surface area contributed by atoms with Crippen molar-refractivity contribution in [2.45, 2.75) is 17.7 Å². The van der Waals surface area contributed by atoms with Crippen molar-refractivity contribution in [1.29, 1.82) is 0 Å². The van der Waals surface area contributed by atoms with Gasteiger partial charge in [-0.2, -0.15) is 8.42 Å². The molecule has 24 heavy (non-hydrogen) atoms. The number of nitrogens with one attached hydrogen (secondary N) is 2. The van der Waals surface area contributed by atoms with Gasteiger partial charge in [0.15, 0.2) is 0 Å². The van der Waals surface area contributed by atoms with Crippen molar-refractivity contribution < 1.29 is 18.0 Å². The minimum atomic E-state index is -4.06. The van der Waals surface area contributed by atoms with E-state index in [1.807, 2.05) is 0 Å². The van der Waals surface area contributed by atoms with E-state index in [0.29, 0.717) is 11.4 Å². The van der Waals surface area contributed by atoms with Gasteiger partial charge in [-0.05, 0) is 12.1 Å². The van der Waals surface area contributed by atoms with E-state index in [1.165, 1.54) is 0 Å². The van der Waals surface area contributed by atoms with Crippen LogP contribution in [-0.2, 0) is 19.6 Å². The van der Waals surface area contributed by atoms with Crippen LogP contribution in [0.2, 0.25) is 0 Å². The number of benzene rings is 1. The predicted octanol–water partition coefficient (Wildman–Crippen LogP) is 1.03. The number of hydrogen-bond donors (Lipinski definition) is 2. The van der Waals surface area contributed by atoms with Crippen LogP contribution >= 0.6 is 11.3 Å². The number of aromatic nitrogens is 2. The first-order valence-electron chi connectivity index (χ1n) is 6.97. The molecule has 0 spiro atoms. The molecule has 0 bridgehead atoms. The summed E-state index contributed by atoms with van der Waals surface area (Å²) in [5, 5.41) is 12.5. The SMILES string of the molecule is CCC(=O)Nc1nnc(S(=O)(=O)N2CC(=O)Nc3ccccc32)s1. The van der Waals surface area contributed by atoms with Crippen LogP contribution in [0.5, 0.6) is 0 Å². The van der Waals surface area contributed by atoms with E-state index >= 15 is 0 Å². The van der Waals surface area contributed by atoms with Crippen molar-refractivity contribution in [2.75, 3.05) is 21.5 Å². The van der Waals surface area contributed by atoms with Crippen LogP contribution in [0.4, 0.5) is 16.5 Å². The zero-order valence-corrected chi connectivity index (χ0v) is 14.1. The first-order chi connectivity index (χ1) is 11.4. The van der Waals surface area contributed by atoms with Crippen LogP contribution in [0, 0.1) is 0 Å². The van der Waals surface area contributed by atoms with Gasteiger partial charge in [0.1, 0.15) is 6.54 Å². The van der Waals surface area contributed by atoms with Crippen molar-refractivity contribution in [3.63, 3.8) is 0 Å². The first-order valence-corrected chi connectivity index (χ1v) is 9.22. The molecule has 0 saturated carbocycles. The minimum Gasteiger partial charge on any atom is -0.323 e. The highest BCUT2D eigenvalue weighted by molar-refractivity contribution is 7.94. The molecule has 0 fully saturated rings. The third-order valence-corrected chi connectivity index (χ3v) is 6.16. The molecule has 9 nitrogen and oxygen atoms in total. The zero-order valence-electron chi connectivity index (χ0n) is 12.5. The average molecular weight is 367 g/mol. The van der Waals surface area contributed by atoms with E-state index in [1.54, 1.807) is 31.2 Å². The summed E-state index contributed by atoms with van der Waals surface area (Å²) in [7, 11) is -4.06. The number of nitrogens with zero attached hydrogens (tertiary/aromatic N) is 3. The van der Waals surface area contributed by atoms with Crippen molar-refractivity contribution in [1.82, 2.24) is 10.2 Å². The molecule has 0 aliphatic carbocycles. The first kappa shape index (κ1) is 16.3. The summed E-state index contributed by atoms with van der Waals surface area (Å²) in [6.45, 7) is 1.31. The Labute approximate surface area is 141 Å². The second-order valence-electron chi connectivity index (χ2n) is 4.85. The van der Waals surface area contributed by atoms with E-state index in [-0.39, 0.29) is 28.3 Å². The Morgan fingerprint density at radius 3 is 2.88 bits per heavy atom. The molecule has 0 saturated heterocycles. The number of hydrogen-bond acceptors (Lipinski definition) is 7. The normalized spacial score (nSPS) is 14.0. The fourth-order valence-electron chi connectivity index (χ4n) is 2.08. The van der Waals surface area contributed by atoms with Gasteiger partial charge in [-0.15, -0.1) is 10.2 Å². The molecular weight excluding hydrogens is 354 g/mol. The van der Waals surface area contributed by atoms with Crippen LogP contribution in [0.25, 0.3) is 0 Å². The summed E-state index contributed by atoms with van der Waals surface area (Å²) in [5.41, 5.74) is 0.757. The topological polar surface area (TPSA) is 121 Å². The summed E-state index contributed by atoms with van der Waals surface area (Å²) >= 11 is 0.738. The van der Waals surface area contributed by atoms with Gasteiger partial charge in [0, 0.05) is 6.42 Å². The summed E-state index contributed by atoms with van der Waals surface area (Å²) in [4.78, 5) is 23.2. The van der Waals surface area contributed by atoms with Gasteiger partial charge in [-0.3, -0.25) is 13.9 Å². The van der Waals surface area contributed by atoms with E-state index < -0.39 is 15.9 Å². The average Bonchev–Trinajstić information content (AvgIpc) is 3.03. The molecule has 1 aliphatic rings. The van der Waals surface area contributed by atoms with E-state index in [9.17, 15) is 18.0 Å². The van der Waals surface area contributed by atoms with Gasteiger partial charge in [0.2, 0.25) is 16.9 Å². The second kappa shape index (κ2) is 6.17. The lowest BCUT2D eigenvalue weighted by molar-refractivity contribution is -0.116. The lowest BCUT2D eigenvalue weighted by Crippen LogP contribution is -2.42. The molecule has 2 amide bonds. The molecule has 2 N–H and O–H groups in total. The third-order valence-electron chi connectivity index (χ3n) is 3.22. The molecule has 2 heterocycles. The van der Waals surface area contributed by atoms with Crippen molar-refractivity contribution in [3.8, 4) is 0 Å². The molecule has 2 aromatic rings. The lowest BCUT2D eigenvalue weighted by Gasteiger charge is -2.28. The predicted molar refractivity (Wildman–Crippen MR) is 88.4 cm³/mol. The smallest absolute Gasteiger partial charge is 0.294 e. The maximum absolute atomic E-state index is 12.8. The standard InChI is InChI=1S/C13H13N5O4S2/c1-2-10(19)15-12-16-17-13(23-12)24(21,22)18-7-11(20)14-8-5-3-4-6-9(8)18/h3-6H,2,7H2,1H3,(H,14,20)(H,15,16,19). The third kappa shape index (κ3) is 2.95. The monoisotopic (exact) mass is 367 g/mol. The van der Waals surface area contributed by atoms with Gasteiger partial charge in [0.05, 0.1) is 11.4 Å². The van der Waals surface area contributed by atoms with Gasteiger partial charge in [-0.1, -0.05) is 30.4 Å². The van der Waals surface area contributed by atoms with Crippen LogP contribution in [0.15, 0.2) is 28.6 Å². The Kier molecular flexibility index (Phi) is 4.20. The Morgan fingerprint density at radius 1 is 1.38 bits per heavy atom. The van der Waals surface area contributed by atoms with E-state index in [2.05, 4.69) is 20.8 Å². The number of fused-ring (bicyclic) bond motifs is 1. The molecule has 0 unspecified atom stereocenters. The van der Waals surface area contributed by atoms with Crippen molar-refractivity contribution in [2.24, 2.45) is 0 Å². The Balaban J connectivity index is 1.97. The fourth-order valence-corrected chi connectivity index (χ4v) is 4.54. The summed E-state index contributed by atoms with van der Waals surface area (Å²) in [6, 6.07) is 6.57. The molecule has 1 aliphatic heterocycles. The Hall–Kier alpha value is -2.53. The quantitative estimate of drug-likeness (QED) is 0.779. The van der Waals surface area contributed by atoms with Crippen LogP contribution in [-0.4, -0.2) is 37.0 Å². The van der Waals surface area contributed by atoms with E-state index in [0.717, 1.165) is 15.6 Å². The summed E-state index contributed by atoms with van der Waals surface area (Å²) in [6.07, 6.45) is 0.237. The fraction of sp³-hybridized carbons (Fsp3) is 0.231. The Morgan fingerprint density at radius 2 is 2.12 bits per heavy atom. The number of amides is 2. The highest BCUT2D eigenvalue weighted by Crippen LogP contribution is 2.34. The highest BCUT2D eigenvalue weighted by atomic mass is 32.2. The molecule has 11 heteroatoms. The molecular formula is C13H13N5O4S2. The number of carbonyl (C=O) groups excluding carboxylic acids is 2. The number of carbonyl (C=O) groups is 2. The molecule has 0 radical (unpaired) electrons. The number of sulfonamides is 1. The lowest BCUT2D eigenvalue weighted by atomic mass is 10.2. The highest BCUT2D eigenvalue weighted by Gasteiger charge is 2.35. The zero-order chi connectivity index (χ0) is 17.3. The van der Waals surface area contributed by atoms with Gasteiger partial charge in [-0.25, -0.2) is 0 Å². The van der Waals surface area contributed by atoms with Gasteiger partial charge in [0.25, 0.3) is 14.4 Å². The maximum Gasteiger partial charge on any atom is 0.294 e. The number of para-hydroxylation sites is 2. The Bertz CT molecular complexity index is 909. The number of rotatable bonds is 4. The molecule has 1 aromatic carbocycles. The van der Waals surface area contributed by atoms with Crippen molar-refractivity contribution in [3.05, 3.63) is 24.3 Å². The van der Waals surface area contributed by atoms with Crippen LogP contribution in [0.1, 0.15) is 13.3 Å². The maximum atomic E-state index is 12.8. The van der Waals surface area contributed by atoms with Gasteiger partial charge >= 0.3 is 0 Å². The summed E-state index contributed by atoms with van der Waals surface area (Å²) < 4.78 is 26.3. The van der Waals surface area contributed by atoms with E-state index in [4.69, 9.17) is 0 Å². The van der Waals surface area contributed by atoms with Gasteiger partial charge < -0.3 is 10.6 Å². The molecule has 126 valence electrons.